The largest absolute Gasteiger partial charge is 0.480 e. The average Bonchev–Trinajstić information content (AvgIpc) is 2.72. The van der Waals surface area contributed by atoms with E-state index in [-0.39, 0.29) is 0 Å². The molecule has 1 atom stereocenters. The van der Waals surface area contributed by atoms with Crippen LogP contribution in [0.5, 0.6) is 0 Å². The Morgan fingerprint density at radius 3 is 2.94 bits per heavy atom. The Morgan fingerprint density at radius 1 is 1.65 bits per heavy atom. The van der Waals surface area contributed by atoms with Crippen molar-refractivity contribution >= 4 is 17.7 Å². The molecule has 5 nitrogen and oxygen atoms in total. The van der Waals surface area contributed by atoms with Crippen molar-refractivity contribution in [3.8, 4) is 0 Å². The Kier molecular flexibility index (Phi) is 5.50. The van der Waals surface area contributed by atoms with Crippen molar-refractivity contribution in [2.24, 2.45) is 5.73 Å². The van der Waals surface area contributed by atoms with Crippen molar-refractivity contribution in [2.75, 3.05) is 5.75 Å². The first kappa shape index (κ1) is 14.1. The third kappa shape index (κ3) is 4.40. The van der Waals surface area contributed by atoms with Crippen LogP contribution in [0.2, 0.25) is 0 Å². The minimum Gasteiger partial charge on any atom is -0.480 e. The van der Waals surface area contributed by atoms with E-state index in [9.17, 15) is 4.79 Å². The van der Waals surface area contributed by atoms with E-state index < -0.39 is 12.0 Å². The van der Waals surface area contributed by atoms with E-state index in [1.165, 1.54) is 0 Å². The molecule has 0 aromatic carbocycles. The lowest BCUT2D eigenvalue weighted by Gasteiger charge is -2.11. The van der Waals surface area contributed by atoms with Gasteiger partial charge in [0.2, 0.25) is 0 Å². The molecule has 0 spiro atoms. The molecule has 0 fully saturated rings. The van der Waals surface area contributed by atoms with Crippen molar-refractivity contribution in [1.29, 1.82) is 0 Å². The van der Waals surface area contributed by atoms with Crippen LogP contribution < -0.4 is 5.73 Å². The van der Waals surface area contributed by atoms with Crippen molar-refractivity contribution in [3.63, 3.8) is 0 Å². The van der Waals surface area contributed by atoms with Crippen molar-refractivity contribution in [1.82, 2.24) is 9.55 Å². The molecule has 0 aliphatic rings. The third-order valence-corrected chi connectivity index (χ3v) is 3.47. The van der Waals surface area contributed by atoms with E-state index in [1.807, 2.05) is 12.5 Å². The Morgan fingerprint density at radius 2 is 2.35 bits per heavy atom. The molecule has 3 N–H and O–H groups in total. The smallest absolute Gasteiger partial charge is 0.320 e. The lowest BCUT2D eigenvalue weighted by atomic mass is 10.2. The fourth-order valence-electron chi connectivity index (χ4n) is 1.42. The second-order valence-corrected chi connectivity index (χ2v) is 5.28. The SMILES string of the molecule is CC(C)n1cncc1CSCCC(N)C(=O)O. The molecule has 1 rings (SSSR count). The molecule has 1 heterocycles. The predicted octanol–water partition coefficient (Wildman–Crippen LogP) is 1.50. The summed E-state index contributed by atoms with van der Waals surface area (Å²) in [5.74, 6) is 0.652. The highest BCUT2D eigenvalue weighted by atomic mass is 32.2. The predicted molar refractivity (Wildman–Crippen MR) is 69.0 cm³/mol. The van der Waals surface area contributed by atoms with Crippen LogP contribution in [0.3, 0.4) is 0 Å². The zero-order chi connectivity index (χ0) is 12.8. The number of nitrogens with zero attached hydrogens (tertiary/aromatic N) is 2. The summed E-state index contributed by atoms with van der Waals surface area (Å²) in [6, 6.07) is -0.355. The van der Waals surface area contributed by atoms with Gasteiger partial charge in [0.1, 0.15) is 6.04 Å². The standard InChI is InChI=1S/C11H19N3O2S/c1-8(2)14-7-13-5-9(14)6-17-4-3-10(12)11(15)16/h5,7-8,10H,3-4,6,12H2,1-2H3,(H,15,16). The van der Waals surface area contributed by atoms with Gasteiger partial charge in [-0.3, -0.25) is 4.79 Å². The Balaban J connectivity index is 2.31. The van der Waals surface area contributed by atoms with E-state index in [0.717, 1.165) is 17.2 Å². The summed E-state index contributed by atoms with van der Waals surface area (Å²) in [6.07, 6.45) is 4.17. The van der Waals surface area contributed by atoms with Crippen LogP contribution in [-0.4, -0.2) is 32.4 Å². The number of carboxylic acid groups (broad SMARTS) is 1. The second kappa shape index (κ2) is 6.66. The highest BCUT2D eigenvalue weighted by Gasteiger charge is 2.11. The number of thioether (sulfide) groups is 1. The van der Waals surface area contributed by atoms with Gasteiger partial charge in [-0.15, -0.1) is 0 Å². The zero-order valence-electron chi connectivity index (χ0n) is 10.2. The molecule has 0 radical (unpaired) electrons. The van der Waals surface area contributed by atoms with Gasteiger partial charge in [-0.1, -0.05) is 0 Å². The van der Waals surface area contributed by atoms with Crippen molar-refractivity contribution in [2.45, 2.75) is 38.1 Å². The first-order valence-corrected chi connectivity index (χ1v) is 6.74. The number of rotatable bonds is 7. The highest BCUT2D eigenvalue weighted by molar-refractivity contribution is 7.98. The third-order valence-electron chi connectivity index (χ3n) is 2.44. The second-order valence-electron chi connectivity index (χ2n) is 4.17. The number of carboxylic acids is 1. The van der Waals surface area contributed by atoms with E-state index in [2.05, 4.69) is 23.4 Å². The summed E-state index contributed by atoms with van der Waals surface area (Å²) in [7, 11) is 0. The minimum absolute atomic E-state index is 0.398. The number of aromatic nitrogens is 2. The molecule has 6 heteroatoms. The van der Waals surface area contributed by atoms with Crippen LogP contribution in [0.4, 0.5) is 0 Å². The molecule has 0 amide bonds. The first-order valence-electron chi connectivity index (χ1n) is 5.59. The van der Waals surface area contributed by atoms with Crippen LogP contribution >= 0.6 is 11.8 Å². The van der Waals surface area contributed by atoms with Crippen LogP contribution in [0.1, 0.15) is 32.0 Å². The molecule has 96 valence electrons. The molecule has 0 aliphatic carbocycles. The van der Waals surface area contributed by atoms with Gasteiger partial charge in [0, 0.05) is 23.7 Å². The molecule has 0 bridgehead atoms. The number of hydrogen-bond donors (Lipinski definition) is 2. The fraction of sp³-hybridized carbons (Fsp3) is 0.636. The van der Waals surface area contributed by atoms with Crippen LogP contribution in [0, 0.1) is 0 Å². The number of nitrogens with two attached hydrogens (primary N) is 1. The van der Waals surface area contributed by atoms with Gasteiger partial charge in [-0.25, -0.2) is 4.98 Å². The summed E-state index contributed by atoms with van der Waals surface area (Å²) in [4.78, 5) is 14.6. The van der Waals surface area contributed by atoms with Gasteiger partial charge in [-0.05, 0) is 26.0 Å². The van der Waals surface area contributed by atoms with Gasteiger partial charge in [0.25, 0.3) is 0 Å². The normalized spacial score (nSPS) is 12.9. The lowest BCUT2D eigenvalue weighted by Crippen LogP contribution is -2.30. The molecular formula is C11H19N3O2S. The quantitative estimate of drug-likeness (QED) is 0.723. The number of aliphatic carboxylic acids is 1. The summed E-state index contributed by atoms with van der Waals surface area (Å²) < 4.78 is 2.12. The maximum absolute atomic E-state index is 10.5. The first-order chi connectivity index (χ1) is 8.02. The summed E-state index contributed by atoms with van der Waals surface area (Å²) in [5, 5.41) is 8.63. The Bertz CT molecular complexity index is 365. The van der Waals surface area contributed by atoms with Crippen LogP contribution in [-0.2, 0) is 10.5 Å². The van der Waals surface area contributed by atoms with Crippen LogP contribution in [0.15, 0.2) is 12.5 Å². The van der Waals surface area contributed by atoms with E-state index >= 15 is 0 Å². The van der Waals surface area contributed by atoms with Gasteiger partial charge >= 0.3 is 5.97 Å². The summed E-state index contributed by atoms with van der Waals surface area (Å²) in [5.41, 5.74) is 6.58. The topological polar surface area (TPSA) is 81.1 Å². The van der Waals surface area contributed by atoms with Crippen molar-refractivity contribution in [3.05, 3.63) is 18.2 Å². The monoisotopic (exact) mass is 257 g/mol. The molecule has 0 aliphatic heterocycles. The highest BCUT2D eigenvalue weighted by Crippen LogP contribution is 2.16. The van der Waals surface area contributed by atoms with E-state index in [4.69, 9.17) is 10.8 Å². The minimum atomic E-state index is -0.933. The lowest BCUT2D eigenvalue weighted by molar-refractivity contribution is -0.138. The Labute approximate surface area is 105 Å². The van der Waals surface area contributed by atoms with Crippen molar-refractivity contribution < 1.29 is 9.90 Å². The fourth-order valence-corrected chi connectivity index (χ4v) is 2.42. The van der Waals surface area contributed by atoms with Gasteiger partial charge < -0.3 is 15.4 Å². The molecular weight excluding hydrogens is 238 g/mol. The number of imidazole rings is 1. The maximum atomic E-state index is 10.5. The van der Waals surface area contributed by atoms with Gasteiger partial charge in [0.05, 0.1) is 6.33 Å². The number of carbonyl (C=O) groups is 1. The molecule has 0 saturated heterocycles. The van der Waals surface area contributed by atoms with Crippen LogP contribution in [0.25, 0.3) is 0 Å². The zero-order valence-corrected chi connectivity index (χ0v) is 11.0. The molecule has 0 saturated carbocycles. The average molecular weight is 257 g/mol. The van der Waals surface area contributed by atoms with Gasteiger partial charge in [0.15, 0.2) is 0 Å². The van der Waals surface area contributed by atoms with Gasteiger partial charge in [-0.2, -0.15) is 11.8 Å². The Hall–Kier alpha value is -1.01. The number of hydrogen-bond acceptors (Lipinski definition) is 4. The molecule has 17 heavy (non-hydrogen) atoms. The molecule has 1 unspecified atom stereocenters. The molecule has 1 aromatic heterocycles. The van der Waals surface area contributed by atoms with E-state index in [0.29, 0.717) is 12.5 Å². The molecule has 1 aromatic rings. The van der Waals surface area contributed by atoms with E-state index in [1.54, 1.807) is 11.8 Å². The summed E-state index contributed by atoms with van der Waals surface area (Å²) in [6.45, 7) is 4.21. The maximum Gasteiger partial charge on any atom is 0.320 e. The summed E-state index contributed by atoms with van der Waals surface area (Å²) >= 11 is 1.68.